The minimum Gasteiger partial charge on any atom is -0.476 e. The van der Waals surface area contributed by atoms with Crippen LogP contribution >= 0.6 is 11.6 Å². The molecule has 0 saturated heterocycles. The number of hydrogen-bond donors (Lipinski definition) is 1. The molecule has 3 aromatic rings. The molecule has 6 nitrogen and oxygen atoms in total. The highest BCUT2D eigenvalue weighted by Gasteiger charge is 2.36. The van der Waals surface area contributed by atoms with E-state index in [1.54, 1.807) is 6.07 Å². The Morgan fingerprint density at radius 3 is 2.64 bits per heavy atom. The Morgan fingerprint density at radius 2 is 1.91 bits per heavy atom. The molecule has 1 aliphatic rings. The fraction of sp³-hybridized carbons (Fsp3) is 0.0667. The van der Waals surface area contributed by atoms with Crippen molar-refractivity contribution in [2.24, 2.45) is 0 Å². The minimum absolute atomic E-state index is 0.150. The zero-order valence-electron chi connectivity index (χ0n) is 10.9. The van der Waals surface area contributed by atoms with Gasteiger partial charge in [0.2, 0.25) is 11.3 Å². The summed E-state index contributed by atoms with van der Waals surface area (Å²) in [6.07, 6.45) is -1.44. The molecule has 0 amide bonds. The minimum atomic E-state index is -1.44. The monoisotopic (exact) mass is 317 g/mol. The smallest absolute Gasteiger partial charge is 0.387 e. The van der Waals surface area contributed by atoms with Crippen LogP contribution in [0.4, 0.5) is 0 Å². The van der Waals surface area contributed by atoms with Crippen molar-refractivity contribution in [3.8, 4) is 22.8 Å². The van der Waals surface area contributed by atoms with Gasteiger partial charge in [0.05, 0.1) is 10.4 Å². The zero-order chi connectivity index (χ0) is 15.3. The van der Waals surface area contributed by atoms with Crippen molar-refractivity contribution < 1.29 is 23.9 Å². The van der Waals surface area contributed by atoms with Crippen LogP contribution in [0.25, 0.3) is 22.2 Å². The van der Waals surface area contributed by atoms with Gasteiger partial charge < -0.3 is 19.1 Å². The predicted octanol–water partition coefficient (Wildman–Crippen LogP) is 3.33. The van der Waals surface area contributed by atoms with Gasteiger partial charge in [0.15, 0.2) is 5.75 Å². The third-order valence-corrected chi connectivity index (χ3v) is 3.61. The Hall–Kier alpha value is -2.73. The van der Waals surface area contributed by atoms with Crippen LogP contribution in [-0.4, -0.2) is 22.5 Å². The topological polar surface area (TPSA) is 81.8 Å². The summed E-state index contributed by atoms with van der Waals surface area (Å²) in [4.78, 5) is 11.0. The lowest BCUT2D eigenvalue weighted by Crippen LogP contribution is -2.28. The Bertz CT molecular complexity index is 890. The van der Waals surface area contributed by atoms with Crippen molar-refractivity contribution in [1.29, 1.82) is 0 Å². The van der Waals surface area contributed by atoms with E-state index in [9.17, 15) is 4.79 Å². The van der Waals surface area contributed by atoms with Gasteiger partial charge >= 0.3 is 12.3 Å². The standard InChI is InChI=1S/C15H8ClNO5/c16-9-6-8-10(7-4-2-1-3-5-7)17-22-11(8)13-12(9)20-15(21-13)14(18)19/h1-6,15H,(H,18,19). The summed E-state index contributed by atoms with van der Waals surface area (Å²) >= 11 is 6.17. The summed E-state index contributed by atoms with van der Waals surface area (Å²) in [5.41, 5.74) is 1.76. The Labute approximate surface area is 128 Å². The molecule has 0 saturated carbocycles. The Morgan fingerprint density at radius 1 is 1.18 bits per heavy atom. The summed E-state index contributed by atoms with van der Waals surface area (Å²) in [6.45, 7) is 0. The third-order valence-electron chi connectivity index (χ3n) is 3.33. The van der Waals surface area contributed by atoms with E-state index in [1.807, 2.05) is 30.3 Å². The summed E-state index contributed by atoms with van der Waals surface area (Å²) in [7, 11) is 0. The molecule has 1 unspecified atom stereocenters. The van der Waals surface area contributed by atoms with Crippen LogP contribution in [0, 0.1) is 0 Å². The molecule has 0 spiro atoms. The molecule has 7 heteroatoms. The molecule has 2 heterocycles. The van der Waals surface area contributed by atoms with Crippen LogP contribution < -0.4 is 9.47 Å². The van der Waals surface area contributed by atoms with Gasteiger partial charge in [-0.2, -0.15) is 0 Å². The van der Waals surface area contributed by atoms with Gasteiger partial charge in [-0.25, -0.2) is 4.79 Å². The van der Waals surface area contributed by atoms with E-state index in [0.29, 0.717) is 16.7 Å². The van der Waals surface area contributed by atoms with Crippen molar-refractivity contribution in [3.63, 3.8) is 0 Å². The number of aromatic nitrogens is 1. The summed E-state index contributed by atoms with van der Waals surface area (Å²) in [5.74, 6) is -0.940. The first kappa shape index (κ1) is 13.0. The van der Waals surface area contributed by atoms with Crippen LogP contribution in [0.2, 0.25) is 5.02 Å². The van der Waals surface area contributed by atoms with Crippen LogP contribution in [0.5, 0.6) is 11.5 Å². The number of carboxylic acids is 1. The number of halogens is 1. The molecule has 0 bridgehead atoms. The zero-order valence-corrected chi connectivity index (χ0v) is 11.7. The van der Waals surface area contributed by atoms with Crippen molar-refractivity contribution in [1.82, 2.24) is 5.16 Å². The summed E-state index contributed by atoms with van der Waals surface area (Å²) < 4.78 is 15.8. The van der Waals surface area contributed by atoms with Crippen molar-refractivity contribution in [3.05, 3.63) is 41.4 Å². The maximum absolute atomic E-state index is 11.0. The number of fused-ring (bicyclic) bond motifs is 3. The average molecular weight is 318 g/mol. The molecule has 1 aromatic heterocycles. The van der Waals surface area contributed by atoms with E-state index in [1.165, 1.54) is 0 Å². The molecule has 1 atom stereocenters. The Balaban J connectivity index is 1.92. The molecule has 0 aliphatic carbocycles. The number of ether oxygens (including phenoxy) is 2. The fourth-order valence-electron chi connectivity index (χ4n) is 2.36. The van der Waals surface area contributed by atoms with Crippen LogP contribution in [0.1, 0.15) is 0 Å². The predicted molar refractivity (Wildman–Crippen MR) is 77.1 cm³/mol. The van der Waals surface area contributed by atoms with Crippen molar-refractivity contribution in [2.75, 3.05) is 0 Å². The van der Waals surface area contributed by atoms with E-state index < -0.39 is 12.3 Å². The first-order valence-electron chi connectivity index (χ1n) is 6.38. The van der Waals surface area contributed by atoms with E-state index in [-0.39, 0.29) is 16.5 Å². The van der Waals surface area contributed by atoms with Gasteiger partial charge in [-0.05, 0) is 6.07 Å². The van der Waals surface area contributed by atoms with Gasteiger partial charge in [0, 0.05) is 5.56 Å². The molecule has 1 aliphatic heterocycles. The lowest BCUT2D eigenvalue weighted by atomic mass is 10.1. The molecule has 4 rings (SSSR count). The molecule has 0 radical (unpaired) electrons. The van der Waals surface area contributed by atoms with Gasteiger partial charge in [-0.15, -0.1) is 0 Å². The highest BCUT2D eigenvalue weighted by Crippen LogP contribution is 2.48. The van der Waals surface area contributed by atoms with Crippen LogP contribution in [-0.2, 0) is 4.79 Å². The summed E-state index contributed by atoms with van der Waals surface area (Å²) in [5, 5.41) is 13.9. The van der Waals surface area contributed by atoms with E-state index >= 15 is 0 Å². The first-order chi connectivity index (χ1) is 10.6. The average Bonchev–Trinajstić information content (AvgIpc) is 3.12. The maximum atomic E-state index is 11.0. The molecule has 22 heavy (non-hydrogen) atoms. The van der Waals surface area contributed by atoms with Gasteiger partial charge in [0.1, 0.15) is 5.69 Å². The van der Waals surface area contributed by atoms with Crippen molar-refractivity contribution in [2.45, 2.75) is 6.29 Å². The number of nitrogens with zero attached hydrogens (tertiary/aromatic N) is 1. The number of aliphatic carboxylic acids is 1. The molecule has 2 aromatic carbocycles. The normalized spacial score (nSPS) is 16.1. The lowest BCUT2D eigenvalue weighted by molar-refractivity contribution is -0.154. The lowest BCUT2D eigenvalue weighted by Gasteiger charge is -2.02. The number of carboxylic acid groups (broad SMARTS) is 1. The number of benzene rings is 2. The maximum Gasteiger partial charge on any atom is 0.387 e. The van der Waals surface area contributed by atoms with E-state index in [4.69, 9.17) is 30.7 Å². The molecule has 110 valence electrons. The second-order valence-electron chi connectivity index (χ2n) is 4.70. The molecule has 0 fully saturated rings. The quantitative estimate of drug-likeness (QED) is 0.780. The van der Waals surface area contributed by atoms with Crippen LogP contribution in [0.3, 0.4) is 0 Å². The fourth-order valence-corrected chi connectivity index (χ4v) is 2.60. The molecule has 1 N–H and O–H groups in total. The van der Waals surface area contributed by atoms with E-state index in [0.717, 1.165) is 5.56 Å². The third kappa shape index (κ3) is 1.81. The number of hydrogen-bond acceptors (Lipinski definition) is 5. The second kappa shape index (κ2) is 4.64. The highest BCUT2D eigenvalue weighted by molar-refractivity contribution is 6.33. The molecular weight excluding hydrogens is 310 g/mol. The van der Waals surface area contributed by atoms with Gasteiger partial charge in [-0.1, -0.05) is 47.1 Å². The first-order valence-corrected chi connectivity index (χ1v) is 6.76. The molecular formula is C15H8ClNO5. The van der Waals surface area contributed by atoms with Gasteiger partial charge in [0.25, 0.3) is 0 Å². The van der Waals surface area contributed by atoms with Crippen molar-refractivity contribution >= 4 is 28.5 Å². The number of carbonyl (C=O) groups is 1. The summed E-state index contributed by atoms with van der Waals surface area (Å²) in [6, 6.07) is 11.1. The highest BCUT2D eigenvalue weighted by atomic mass is 35.5. The number of rotatable bonds is 2. The SMILES string of the molecule is O=C(O)C1Oc2c(Cl)cc3c(-c4ccccc4)noc3c2O1. The van der Waals surface area contributed by atoms with Crippen LogP contribution in [0.15, 0.2) is 40.9 Å². The van der Waals surface area contributed by atoms with Gasteiger partial charge in [-0.3, -0.25) is 0 Å². The largest absolute Gasteiger partial charge is 0.476 e. The second-order valence-corrected chi connectivity index (χ2v) is 5.10. The van der Waals surface area contributed by atoms with E-state index in [2.05, 4.69) is 5.16 Å². The Kier molecular flexibility index (Phi) is 2.74.